The van der Waals surface area contributed by atoms with Gasteiger partial charge in [0.15, 0.2) is 0 Å². The Bertz CT molecular complexity index is 480. The fraction of sp³-hybridized carbons (Fsp3) is 0.650. The number of ether oxygens (including phenoxy) is 1. The summed E-state index contributed by atoms with van der Waals surface area (Å²) in [6.45, 7) is 4.91. The van der Waals surface area contributed by atoms with Gasteiger partial charge in [-0.3, -0.25) is 0 Å². The molecule has 1 aromatic carbocycles. The molecule has 0 aliphatic heterocycles. The number of carboxylic acid groups (broad SMARTS) is 1. The van der Waals surface area contributed by atoms with Crippen LogP contribution in [0.2, 0.25) is 0 Å². The molecule has 0 heterocycles. The summed E-state index contributed by atoms with van der Waals surface area (Å²) in [5.41, 5.74) is 3.94. The highest BCUT2D eigenvalue weighted by Crippen LogP contribution is 2.23. The Hall–Kier alpha value is -1.35. The van der Waals surface area contributed by atoms with Gasteiger partial charge in [0.05, 0.1) is 12.2 Å². The highest BCUT2D eigenvalue weighted by atomic mass is 16.5. The molecule has 0 aromatic heterocycles. The van der Waals surface area contributed by atoms with Gasteiger partial charge in [-0.2, -0.15) is 0 Å². The minimum absolute atomic E-state index is 0.436. The third kappa shape index (κ3) is 6.34. The first-order chi connectivity index (χ1) is 11.2. The zero-order valence-electron chi connectivity index (χ0n) is 15.0. The molecule has 1 N–H and O–H groups in total. The van der Waals surface area contributed by atoms with Crippen LogP contribution in [0.15, 0.2) is 12.1 Å². The monoisotopic (exact) mass is 320 g/mol. The molecule has 0 aliphatic carbocycles. The SMILES string of the molecule is CCCCCCCCc1ccc(C(=O)O)c(CCOC)c1CC. The first kappa shape index (κ1) is 19.7. The van der Waals surface area contributed by atoms with Crippen molar-refractivity contribution < 1.29 is 14.6 Å². The van der Waals surface area contributed by atoms with Crippen LogP contribution >= 0.6 is 0 Å². The van der Waals surface area contributed by atoms with Crippen molar-refractivity contribution in [3.63, 3.8) is 0 Å². The number of hydrogen-bond donors (Lipinski definition) is 1. The summed E-state index contributed by atoms with van der Waals surface area (Å²) < 4.78 is 5.16. The molecule has 3 nitrogen and oxygen atoms in total. The zero-order chi connectivity index (χ0) is 17.1. The van der Waals surface area contributed by atoms with Crippen molar-refractivity contribution in [2.45, 2.75) is 71.6 Å². The molecular weight excluding hydrogens is 288 g/mol. The molecule has 0 radical (unpaired) electrons. The van der Waals surface area contributed by atoms with Crippen LogP contribution in [-0.4, -0.2) is 24.8 Å². The van der Waals surface area contributed by atoms with E-state index in [0.717, 1.165) is 18.4 Å². The van der Waals surface area contributed by atoms with Crippen molar-refractivity contribution in [1.82, 2.24) is 0 Å². The highest BCUT2D eigenvalue weighted by Gasteiger charge is 2.16. The lowest BCUT2D eigenvalue weighted by atomic mass is 9.90. The Kier molecular flexibility index (Phi) is 9.61. The maximum Gasteiger partial charge on any atom is 0.335 e. The molecule has 0 saturated heterocycles. The van der Waals surface area contributed by atoms with E-state index >= 15 is 0 Å². The maximum atomic E-state index is 11.5. The Morgan fingerprint density at radius 2 is 1.70 bits per heavy atom. The van der Waals surface area contributed by atoms with Gasteiger partial charge in [0.25, 0.3) is 0 Å². The summed E-state index contributed by atoms with van der Waals surface area (Å²) in [5, 5.41) is 9.43. The standard InChI is InChI=1S/C20H32O3/c1-4-6-7-8-9-10-11-16-12-13-19(20(21)22)18(14-15-23-3)17(16)5-2/h12-13H,4-11,14-15H2,1-3H3,(H,21,22). The van der Waals surface area contributed by atoms with Crippen molar-refractivity contribution in [3.05, 3.63) is 34.4 Å². The van der Waals surface area contributed by atoms with Crippen LogP contribution in [0.3, 0.4) is 0 Å². The minimum atomic E-state index is -0.836. The normalized spacial score (nSPS) is 10.9. The van der Waals surface area contributed by atoms with Crippen molar-refractivity contribution in [2.75, 3.05) is 13.7 Å². The Morgan fingerprint density at radius 3 is 2.30 bits per heavy atom. The number of methoxy groups -OCH3 is 1. The lowest BCUT2D eigenvalue weighted by molar-refractivity contribution is 0.0695. The topological polar surface area (TPSA) is 46.5 Å². The lowest BCUT2D eigenvalue weighted by Crippen LogP contribution is -2.11. The van der Waals surface area contributed by atoms with Gasteiger partial charge in [-0.25, -0.2) is 4.79 Å². The van der Waals surface area contributed by atoms with Crippen molar-refractivity contribution in [1.29, 1.82) is 0 Å². The maximum absolute atomic E-state index is 11.5. The Labute approximate surface area is 141 Å². The summed E-state index contributed by atoms with van der Waals surface area (Å²) in [6.07, 6.45) is 10.3. The summed E-state index contributed by atoms with van der Waals surface area (Å²) >= 11 is 0. The number of hydrogen-bond acceptors (Lipinski definition) is 2. The van der Waals surface area contributed by atoms with E-state index in [1.54, 1.807) is 13.2 Å². The highest BCUT2D eigenvalue weighted by molar-refractivity contribution is 5.90. The van der Waals surface area contributed by atoms with E-state index in [1.807, 2.05) is 6.07 Å². The van der Waals surface area contributed by atoms with E-state index in [9.17, 15) is 9.90 Å². The number of rotatable bonds is 12. The minimum Gasteiger partial charge on any atom is -0.478 e. The summed E-state index contributed by atoms with van der Waals surface area (Å²) in [5.74, 6) is -0.836. The molecule has 0 aliphatic rings. The third-order valence-electron chi connectivity index (χ3n) is 4.47. The molecule has 0 unspecified atom stereocenters. The van der Waals surface area contributed by atoms with Crippen LogP contribution in [0.5, 0.6) is 0 Å². The lowest BCUT2D eigenvalue weighted by Gasteiger charge is -2.16. The van der Waals surface area contributed by atoms with Crippen molar-refractivity contribution in [2.24, 2.45) is 0 Å². The Balaban J connectivity index is 2.80. The number of carboxylic acids is 1. The fourth-order valence-corrected chi connectivity index (χ4v) is 3.20. The predicted octanol–water partition coefficient (Wildman–Crippen LogP) is 5.04. The molecule has 3 heteroatoms. The van der Waals surface area contributed by atoms with Crippen LogP contribution < -0.4 is 0 Å². The smallest absolute Gasteiger partial charge is 0.335 e. The molecule has 0 amide bonds. The van der Waals surface area contributed by atoms with E-state index in [2.05, 4.69) is 13.8 Å². The molecular formula is C20H32O3. The van der Waals surface area contributed by atoms with Crippen LogP contribution in [0, 0.1) is 0 Å². The van der Waals surface area contributed by atoms with E-state index < -0.39 is 5.97 Å². The molecule has 0 saturated carbocycles. The van der Waals surface area contributed by atoms with Crippen molar-refractivity contribution >= 4 is 5.97 Å². The second kappa shape index (κ2) is 11.2. The van der Waals surface area contributed by atoms with Gasteiger partial charge in [0.2, 0.25) is 0 Å². The fourth-order valence-electron chi connectivity index (χ4n) is 3.20. The molecule has 1 rings (SSSR count). The first-order valence-electron chi connectivity index (χ1n) is 9.01. The van der Waals surface area contributed by atoms with Gasteiger partial charge >= 0.3 is 5.97 Å². The molecule has 1 aromatic rings. The molecule has 0 bridgehead atoms. The molecule has 130 valence electrons. The van der Waals surface area contributed by atoms with E-state index in [1.165, 1.54) is 49.7 Å². The van der Waals surface area contributed by atoms with Gasteiger partial charge < -0.3 is 9.84 Å². The first-order valence-corrected chi connectivity index (χ1v) is 9.01. The van der Waals surface area contributed by atoms with E-state index in [-0.39, 0.29) is 0 Å². The van der Waals surface area contributed by atoms with Gasteiger partial charge in [-0.05, 0) is 48.4 Å². The largest absolute Gasteiger partial charge is 0.478 e. The summed E-state index contributed by atoms with van der Waals surface area (Å²) in [7, 11) is 1.66. The quantitative estimate of drug-likeness (QED) is 0.549. The zero-order valence-corrected chi connectivity index (χ0v) is 15.0. The van der Waals surface area contributed by atoms with Crippen LogP contribution in [0.25, 0.3) is 0 Å². The number of aryl methyl sites for hydroxylation is 1. The Morgan fingerprint density at radius 1 is 1.00 bits per heavy atom. The molecule has 23 heavy (non-hydrogen) atoms. The second-order valence-electron chi connectivity index (χ2n) is 6.15. The van der Waals surface area contributed by atoms with Gasteiger partial charge in [-0.15, -0.1) is 0 Å². The van der Waals surface area contributed by atoms with E-state index in [0.29, 0.717) is 18.6 Å². The number of benzene rings is 1. The molecule has 0 atom stereocenters. The van der Waals surface area contributed by atoms with Gasteiger partial charge in [0.1, 0.15) is 0 Å². The summed E-state index contributed by atoms with van der Waals surface area (Å²) in [4.78, 5) is 11.5. The summed E-state index contributed by atoms with van der Waals surface area (Å²) in [6, 6.07) is 3.80. The predicted molar refractivity (Wildman–Crippen MR) is 95.4 cm³/mol. The number of unbranched alkanes of at least 4 members (excludes halogenated alkanes) is 5. The second-order valence-corrected chi connectivity index (χ2v) is 6.15. The molecule has 0 fully saturated rings. The van der Waals surface area contributed by atoms with Crippen LogP contribution in [-0.2, 0) is 24.0 Å². The van der Waals surface area contributed by atoms with Crippen LogP contribution in [0.1, 0.15) is 79.4 Å². The number of aromatic carboxylic acids is 1. The number of carbonyl (C=O) groups is 1. The van der Waals surface area contributed by atoms with Crippen molar-refractivity contribution in [3.8, 4) is 0 Å². The van der Waals surface area contributed by atoms with Crippen LogP contribution in [0.4, 0.5) is 0 Å². The third-order valence-corrected chi connectivity index (χ3v) is 4.47. The average Bonchev–Trinajstić information content (AvgIpc) is 2.55. The average molecular weight is 320 g/mol. The van der Waals surface area contributed by atoms with Gasteiger partial charge in [-0.1, -0.05) is 52.0 Å². The van der Waals surface area contributed by atoms with Gasteiger partial charge in [0, 0.05) is 7.11 Å². The molecule has 0 spiro atoms. The van der Waals surface area contributed by atoms with E-state index in [4.69, 9.17) is 4.74 Å².